The molecule has 0 spiro atoms. The van der Waals surface area contributed by atoms with E-state index in [9.17, 15) is 9.59 Å². The summed E-state index contributed by atoms with van der Waals surface area (Å²) in [6.45, 7) is 2.54. The second-order valence-corrected chi connectivity index (χ2v) is 7.60. The number of nitrogens with zero attached hydrogens (tertiary/aromatic N) is 1. The van der Waals surface area contributed by atoms with E-state index in [0.29, 0.717) is 25.9 Å². The number of nitrogens with one attached hydrogen (secondary N) is 1. The topological polar surface area (TPSA) is 58.6 Å². The van der Waals surface area contributed by atoms with Crippen molar-refractivity contribution < 1.29 is 14.3 Å². The van der Waals surface area contributed by atoms with Gasteiger partial charge in [0.25, 0.3) is 0 Å². The molecule has 0 aliphatic carbocycles. The molecule has 1 atom stereocenters. The fourth-order valence-corrected chi connectivity index (χ4v) is 3.69. The fourth-order valence-electron chi connectivity index (χ4n) is 3.69. The summed E-state index contributed by atoms with van der Waals surface area (Å²) in [6.07, 6.45) is 0.773. The molecule has 2 amide bonds. The molecule has 0 saturated heterocycles. The summed E-state index contributed by atoms with van der Waals surface area (Å²) in [5, 5.41) is 3.03. The van der Waals surface area contributed by atoms with Gasteiger partial charge in [0.15, 0.2) is 0 Å². The normalized spacial score (nSPS) is 11.4. The molecule has 3 rings (SSSR count). The molecule has 0 saturated carbocycles. The molecular weight excluding hydrogens is 400 g/mol. The Labute approximate surface area is 190 Å². The Kier molecular flexibility index (Phi) is 8.44. The highest BCUT2D eigenvalue weighted by molar-refractivity contribution is 5.88. The molecule has 5 nitrogen and oxygen atoms in total. The number of hydrogen-bond donors (Lipinski definition) is 1. The average Bonchev–Trinajstić information content (AvgIpc) is 2.85. The Balaban J connectivity index is 1.86. The van der Waals surface area contributed by atoms with E-state index in [1.54, 1.807) is 12.0 Å². The predicted molar refractivity (Wildman–Crippen MR) is 126 cm³/mol. The highest BCUT2D eigenvalue weighted by atomic mass is 16.5. The molecular formula is C27H30N2O3. The maximum atomic E-state index is 13.4. The van der Waals surface area contributed by atoms with Crippen LogP contribution >= 0.6 is 0 Å². The van der Waals surface area contributed by atoms with Crippen LogP contribution < -0.4 is 10.1 Å². The Morgan fingerprint density at radius 3 is 2.09 bits per heavy atom. The maximum absolute atomic E-state index is 13.4. The minimum absolute atomic E-state index is 0.0535. The van der Waals surface area contributed by atoms with Crippen LogP contribution in [0.25, 0.3) is 0 Å². The highest BCUT2D eigenvalue weighted by Crippen LogP contribution is 2.18. The van der Waals surface area contributed by atoms with E-state index in [4.69, 9.17) is 4.74 Å². The Hall–Kier alpha value is -3.60. The molecule has 5 heteroatoms. The first-order valence-corrected chi connectivity index (χ1v) is 10.9. The average molecular weight is 431 g/mol. The number of amides is 2. The Bertz CT molecular complexity index is 1010. The van der Waals surface area contributed by atoms with Gasteiger partial charge in [-0.2, -0.15) is 0 Å². The van der Waals surface area contributed by atoms with Crippen LogP contribution in [0.4, 0.5) is 0 Å². The highest BCUT2D eigenvalue weighted by Gasteiger charge is 2.29. The predicted octanol–water partition coefficient (Wildman–Crippen LogP) is 4.36. The first-order valence-electron chi connectivity index (χ1n) is 10.9. The van der Waals surface area contributed by atoms with Gasteiger partial charge in [-0.25, -0.2) is 0 Å². The summed E-state index contributed by atoms with van der Waals surface area (Å²) in [5.74, 6) is 0.484. The quantitative estimate of drug-likeness (QED) is 0.520. The van der Waals surface area contributed by atoms with E-state index >= 15 is 0 Å². The number of para-hydroxylation sites is 1. The molecule has 0 bridgehead atoms. The lowest BCUT2D eigenvalue weighted by molar-refractivity contribution is -0.141. The molecule has 0 radical (unpaired) electrons. The second-order valence-electron chi connectivity index (χ2n) is 7.60. The van der Waals surface area contributed by atoms with Gasteiger partial charge in [-0.15, -0.1) is 0 Å². The van der Waals surface area contributed by atoms with Crippen molar-refractivity contribution in [3.63, 3.8) is 0 Å². The van der Waals surface area contributed by atoms with Crippen LogP contribution in [-0.2, 0) is 29.1 Å². The molecule has 1 N–H and O–H groups in total. The van der Waals surface area contributed by atoms with Crippen molar-refractivity contribution in [3.05, 3.63) is 102 Å². The van der Waals surface area contributed by atoms with E-state index in [2.05, 4.69) is 5.32 Å². The van der Waals surface area contributed by atoms with Gasteiger partial charge < -0.3 is 15.0 Å². The van der Waals surface area contributed by atoms with Crippen molar-refractivity contribution in [2.45, 2.75) is 38.9 Å². The lowest BCUT2D eigenvalue weighted by atomic mass is 10.0. The van der Waals surface area contributed by atoms with Crippen molar-refractivity contribution in [3.8, 4) is 5.75 Å². The molecule has 0 fully saturated rings. The van der Waals surface area contributed by atoms with Crippen LogP contribution in [0.3, 0.4) is 0 Å². The number of hydrogen-bond acceptors (Lipinski definition) is 3. The maximum Gasteiger partial charge on any atom is 0.243 e. The summed E-state index contributed by atoms with van der Waals surface area (Å²) in [6, 6.07) is 26.5. The SMILES string of the molecule is CCC(=O)N(Cc1ccccc1)[C@H](Cc1ccccc1)C(=O)NCc1ccccc1OC. The van der Waals surface area contributed by atoms with Gasteiger partial charge in [-0.05, 0) is 17.2 Å². The molecule has 3 aromatic carbocycles. The Morgan fingerprint density at radius 1 is 0.875 bits per heavy atom. The van der Waals surface area contributed by atoms with Crippen LogP contribution in [0.5, 0.6) is 5.75 Å². The number of methoxy groups -OCH3 is 1. The van der Waals surface area contributed by atoms with E-state index < -0.39 is 6.04 Å². The third-order valence-electron chi connectivity index (χ3n) is 5.41. The minimum Gasteiger partial charge on any atom is -0.496 e. The second kappa shape index (κ2) is 11.7. The van der Waals surface area contributed by atoms with Crippen molar-refractivity contribution >= 4 is 11.8 Å². The minimum atomic E-state index is -0.625. The zero-order valence-corrected chi connectivity index (χ0v) is 18.7. The molecule has 3 aromatic rings. The van der Waals surface area contributed by atoms with Gasteiger partial charge in [0.1, 0.15) is 11.8 Å². The zero-order chi connectivity index (χ0) is 22.8. The van der Waals surface area contributed by atoms with Crippen LogP contribution in [0.1, 0.15) is 30.0 Å². The Morgan fingerprint density at radius 2 is 1.47 bits per heavy atom. The lowest BCUT2D eigenvalue weighted by Gasteiger charge is -2.31. The number of benzene rings is 3. The van der Waals surface area contributed by atoms with Crippen LogP contribution in [0.2, 0.25) is 0 Å². The molecule has 0 aromatic heterocycles. The van der Waals surface area contributed by atoms with Crippen LogP contribution in [-0.4, -0.2) is 29.9 Å². The lowest BCUT2D eigenvalue weighted by Crippen LogP contribution is -2.50. The van der Waals surface area contributed by atoms with Crippen molar-refractivity contribution in [1.29, 1.82) is 0 Å². The van der Waals surface area contributed by atoms with Crippen molar-refractivity contribution in [1.82, 2.24) is 10.2 Å². The smallest absolute Gasteiger partial charge is 0.243 e. The number of carbonyl (C=O) groups is 2. The number of rotatable bonds is 10. The van der Waals surface area contributed by atoms with Crippen LogP contribution in [0.15, 0.2) is 84.9 Å². The number of carbonyl (C=O) groups excluding carboxylic acids is 2. The molecule has 0 unspecified atom stereocenters. The van der Waals surface area contributed by atoms with E-state index in [1.807, 2.05) is 91.9 Å². The molecule has 0 heterocycles. The van der Waals surface area contributed by atoms with Crippen molar-refractivity contribution in [2.75, 3.05) is 7.11 Å². The summed E-state index contributed by atoms with van der Waals surface area (Å²) in [7, 11) is 1.61. The van der Waals surface area contributed by atoms with Gasteiger partial charge in [0.05, 0.1) is 7.11 Å². The molecule has 32 heavy (non-hydrogen) atoms. The summed E-state index contributed by atoms with van der Waals surface area (Å²) >= 11 is 0. The van der Waals surface area contributed by atoms with E-state index in [-0.39, 0.29) is 11.8 Å². The fraction of sp³-hybridized carbons (Fsp3) is 0.259. The molecule has 0 aliphatic heterocycles. The van der Waals surface area contributed by atoms with Crippen molar-refractivity contribution in [2.24, 2.45) is 0 Å². The summed E-state index contributed by atoms with van der Waals surface area (Å²) < 4.78 is 5.40. The van der Waals surface area contributed by atoms with Gasteiger partial charge in [0.2, 0.25) is 11.8 Å². The zero-order valence-electron chi connectivity index (χ0n) is 18.7. The van der Waals surface area contributed by atoms with Gasteiger partial charge in [-0.1, -0.05) is 85.8 Å². The van der Waals surface area contributed by atoms with Gasteiger partial charge in [0, 0.05) is 31.5 Å². The van der Waals surface area contributed by atoms with Crippen LogP contribution in [0, 0.1) is 0 Å². The summed E-state index contributed by atoms with van der Waals surface area (Å²) in [5.41, 5.74) is 2.88. The monoisotopic (exact) mass is 430 g/mol. The summed E-state index contributed by atoms with van der Waals surface area (Å²) in [4.78, 5) is 28.1. The van der Waals surface area contributed by atoms with E-state index in [0.717, 1.165) is 22.4 Å². The van der Waals surface area contributed by atoms with Gasteiger partial charge in [-0.3, -0.25) is 9.59 Å². The number of ether oxygens (including phenoxy) is 1. The van der Waals surface area contributed by atoms with E-state index in [1.165, 1.54) is 0 Å². The third kappa shape index (κ3) is 6.20. The largest absolute Gasteiger partial charge is 0.496 e. The molecule has 166 valence electrons. The molecule has 0 aliphatic rings. The first-order chi connectivity index (χ1) is 15.6. The third-order valence-corrected chi connectivity index (χ3v) is 5.41. The standard InChI is InChI=1S/C27H30N2O3/c1-3-26(30)29(20-22-14-8-5-9-15-22)24(18-21-12-6-4-7-13-21)27(31)28-19-23-16-10-11-17-25(23)32-2/h4-17,24H,3,18-20H2,1-2H3,(H,28,31)/t24-/m1/s1. The van der Waals surface area contributed by atoms with Gasteiger partial charge >= 0.3 is 0 Å². The first kappa shape index (κ1) is 23.1.